The van der Waals surface area contributed by atoms with E-state index in [1.165, 1.54) is 10.4 Å². The molecule has 0 fully saturated rings. The van der Waals surface area contributed by atoms with Gasteiger partial charge in [-0.25, -0.2) is 0 Å². The molecule has 0 spiro atoms. The molecule has 4 heteroatoms. The molecule has 102 valence electrons. The van der Waals surface area contributed by atoms with Crippen molar-refractivity contribution in [2.75, 3.05) is 13.7 Å². The Labute approximate surface area is 126 Å². The van der Waals surface area contributed by atoms with Crippen LogP contribution in [0.4, 0.5) is 0 Å². The number of hydrogen-bond acceptors (Lipinski definition) is 3. The fourth-order valence-electron chi connectivity index (χ4n) is 2.01. The van der Waals surface area contributed by atoms with Crippen LogP contribution in [0.25, 0.3) is 0 Å². The molecule has 0 saturated heterocycles. The summed E-state index contributed by atoms with van der Waals surface area (Å²) in [5, 5.41) is 5.50. The van der Waals surface area contributed by atoms with Crippen LogP contribution in [-0.2, 0) is 6.42 Å². The average molecular weight is 340 g/mol. The molecule has 1 unspecified atom stereocenters. The number of thiophene rings is 1. The van der Waals surface area contributed by atoms with E-state index in [1.54, 1.807) is 11.3 Å². The molecule has 0 radical (unpaired) electrons. The zero-order valence-corrected chi connectivity index (χ0v) is 13.6. The van der Waals surface area contributed by atoms with E-state index in [-0.39, 0.29) is 0 Å². The van der Waals surface area contributed by atoms with Crippen LogP contribution < -0.4 is 10.1 Å². The molecule has 1 heterocycles. The van der Waals surface area contributed by atoms with Gasteiger partial charge in [0.2, 0.25) is 0 Å². The van der Waals surface area contributed by atoms with Crippen molar-refractivity contribution in [2.45, 2.75) is 19.4 Å². The number of nitrogens with one attached hydrogen (secondary N) is 1. The van der Waals surface area contributed by atoms with Gasteiger partial charge in [-0.05, 0) is 53.7 Å². The minimum Gasteiger partial charge on any atom is -0.494 e. The van der Waals surface area contributed by atoms with Gasteiger partial charge in [-0.2, -0.15) is 0 Å². The summed E-state index contributed by atoms with van der Waals surface area (Å²) in [5.41, 5.74) is 1.29. The molecule has 1 aromatic heterocycles. The molecule has 0 aliphatic carbocycles. The number of halogens is 1. The number of hydrogen-bond donors (Lipinski definition) is 1. The molecule has 0 bridgehead atoms. The molecule has 0 saturated carbocycles. The van der Waals surface area contributed by atoms with Gasteiger partial charge in [0.15, 0.2) is 0 Å². The Morgan fingerprint density at radius 2 is 2.05 bits per heavy atom. The Balaban J connectivity index is 2.08. The minimum atomic E-state index is 0.334. The van der Waals surface area contributed by atoms with Crippen molar-refractivity contribution in [2.24, 2.45) is 0 Å². The minimum absolute atomic E-state index is 0.334. The third-order valence-electron chi connectivity index (χ3n) is 2.97. The average Bonchev–Trinajstić information content (AvgIpc) is 2.83. The third-order valence-corrected chi connectivity index (χ3v) is 4.69. The van der Waals surface area contributed by atoms with Crippen LogP contribution in [0.5, 0.6) is 5.75 Å². The van der Waals surface area contributed by atoms with Crippen molar-refractivity contribution in [1.29, 1.82) is 0 Å². The van der Waals surface area contributed by atoms with E-state index >= 15 is 0 Å². The van der Waals surface area contributed by atoms with Crippen LogP contribution in [0.3, 0.4) is 0 Å². The van der Waals surface area contributed by atoms with Crippen LogP contribution in [-0.4, -0.2) is 13.7 Å². The molecular weight excluding hydrogens is 322 g/mol. The molecular formula is C15H18BrNOS. The lowest BCUT2D eigenvalue weighted by atomic mass is 10.0. The maximum Gasteiger partial charge on any atom is 0.119 e. The van der Waals surface area contributed by atoms with Crippen molar-refractivity contribution in [3.63, 3.8) is 0 Å². The van der Waals surface area contributed by atoms with Crippen molar-refractivity contribution in [3.05, 3.63) is 50.6 Å². The summed E-state index contributed by atoms with van der Waals surface area (Å²) in [6, 6.07) is 10.9. The Hall–Kier alpha value is -0.840. The summed E-state index contributed by atoms with van der Waals surface area (Å²) in [4.78, 5) is 1.38. The second kappa shape index (κ2) is 7.08. The van der Waals surface area contributed by atoms with E-state index in [4.69, 9.17) is 4.74 Å². The highest BCUT2D eigenvalue weighted by Gasteiger charge is 2.11. The Bertz CT molecular complexity index is 509. The first kappa shape index (κ1) is 14.6. The highest BCUT2D eigenvalue weighted by Crippen LogP contribution is 2.26. The number of ether oxygens (including phenoxy) is 1. The van der Waals surface area contributed by atoms with E-state index in [9.17, 15) is 0 Å². The van der Waals surface area contributed by atoms with Crippen molar-refractivity contribution in [1.82, 2.24) is 5.32 Å². The highest BCUT2D eigenvalue weighted by atomic mass is 79.9. The molecule has 1 aromatic carbocycles. The van der Waals surface area contributed by atoms with Gasteiger partial charge in [0, 0.05) is 27.2 Å². The molecule has 1 atom stereocenters. The van der Waals surface area contributed by atoms with Crippen LogP contribution in [0, 0.1) is 0 Å². The molecule has 0 aliphatic heterocycles. The lowest BCUT2D eigenvalue weighted by molar-refractivity contribution is 0.340. The second-order valence-electron chi connectivity index (χ2n) is 4.28. The van der Waals surface area contributed by atoms with Crippen LogP contribution in [0.15, 0.2) is 40.2 Å². The molecule has 0 amide bonds. The first-order chi connectivity index (χ1) is 9.22. The predicted octanol–water partition coefficient (Wildman–Crippen LogP) is 4.41. The Morgan fingerprint density at radius 1 is 1.32 bits per heavy atom. The van der Waals surface area contributed by atoms with Gasteiger partial charge in [-0.3, -0.25) is 0 Å². The van der Waals surface area contributed by atoms with E-state index in [1.807, 2.05) is 26.1 Å². The standard InChI is InChI=1S/C15H18BrNOS/c1-3-18-13-6-4-11(5-7-13)15(17-2)9-14-8-12(16)10-19-14/h4-8,10,15,17H,3,9H2,1-2H3. The summed E-state index contributed by atoms with van der Waals surface area (Å²) >= 11 is 5.29. The van der Waals surface area contributed by atoms with Crippen molar-refractivity contribution < 1.29 is 4.74 Å². The molecule has 2 rings (SSSR count). The second-order valence-corrected chi connectivity index (χ2v) is 6.19. The molecule has 2 nitrogen and oxygen atoms in total. The van der Waals surface area contributed by atoms with Gasteiger partial charge < -0.3 is 10.1 Å². The van der Waals surface area contributed by atoms with E-state index in [0.717, 1.165) is 16.6 Å². The number of likely N-dealkylation sites (N-methyl/N-ethyl adjacent to an activating group) is 1. The zero-order valence-electron chi connectivity index (χ0n) is 11.2. The summed E-state index contributed by atoms with van der Waals surface area (Å²) in [5.74, 6) is 0.931. The summed E-state index contributed by atoms with van der Waals surface area (Å²) in [6.07, 6.45) is 1.00. The maximum atomic E-state index is 5.47. The Morgan fingerprint density at radius 3 is 2.58 bits per heavy atom. The third kappa shape index (κ3) is 4.06. The molecule has 19 heavy (non-hydrogen) atoms. The first-order valence-electron chi connectivity index (χ1n) is 6.36. The van der Waals surface area contributed by atoms with Gasteiger partial charge in [0.05, 0.1) is 6.61 Å². The normalized spacial score (nSPS) is 12.4. The fraction of sp³-hybridized carbons (Fsp3) is 0.333. The van der Waals surface area contributed by atoms with Crippen molar-refractivity contribution in [3.8, 4) is 5.75 Å². The van der Waals surface area contributed by atoms with Gasteiger partial charge in [-0.15, -0.1) is 11.3 Å². The van der Waals surface area contributed by atoms with Gasteiger partial charge >= 0.3 is 0 Å². The lowest BCUT2D eigenvalue weighted by Crippen LogP contribution is -2.18. The SMILES string of the molecule is CCOc1ccc(C(Cc2cc(Br)cs2)NC)cc1. The molecule has 0 aliphatic rings. The van der Waals surface area contributed by atoms with Gasteiger partial charge in [0.1, 0.15) is 5.75 Å². The quantitative estimate of drug-likeness (QED) is 0.841. The molecule has 2 aromatic rings. The van der Waals surface area contributed by atoms with Gasteiger partial charge in [-0.1, -0.05) is 12.1 Å². The topological polar surface area (TPSA) is 21.3 Å². The predicted molar refractivity (Wildman–Crippen MR) is 85.1 cm³/mol. The number of rotatable bonds is 6. The Kier molecular flexibility index (Phi) is 5.43. The summed E-state index contributed by atoms with van der Waals surface area (Å²) < 4.78 is 6.63. The van der Waals surface area contributed by atoms with E-state index in [2.05, 4.69) is 44.8 Å². The van der Waals surface area contributed by atoms with Crippen molar-refractivity contribution >= 4 is 27.3 Å². The molecule has 1 N–H and O–H groups in total. The zero-order chi connectivity index (χ0) is 13.7. The maximum absolute atomic E-state index is 5.47. The first-order valence-corrected chi connectivity index (χ1v) is 8.03. The van der Waals surface area contributed by atoms with Crippen LogP contribution in [0.2, 0.25) is 0 Å². The largest absolute Gasteiger partial charge is 0.494 e. The van der Waals surface area contributed by atoms with E-state index in [0.29, 0.717) is 12.6 Å². The van der Waals surface area contributed by atoms with E-state index < -0.39 is 0 Å². The summed E-state index contributed by atoms with van der Waals surface area (Å²) in [6.45, 7) is 2.71. The number of benzene rings is 1. The highest BCUT2D eigenvalue weighted by molar-refractivity contribution is 9.10. The lowest BCUT2D eigenvalue weighted by Gasteiger charge is -2.16. The van der Waals surface area contributed by atoms with Crippen LogP contribution >= 0.6 is 27.3 Å². The smallest absolute Gasteiger partial charge is 0.119 e. The van der Waals surface area contributed by atoms with Gasteiger partial charge in [0.25, 0.3) is 0 Å². The monoisotopic (exact) mass is 339 g/mol. The fourth-order valence-corrected chi connectivity index (χ4v) is 3.51. The summed E-state index contributed by atoms with van der Waals surface area (Å²) in [7, 11) is 2.00. The van der Waals surface area contributed by atoms with Crippen LogP contribution in [0.1, 0.15) is 23.4 Å².